The molecule has 4 aliphatic rings. The van der Waals surface area contributed by atoms with E-state index in [9.17, 15) is 14.4 Å². The SMILES string of the molecule is CC.CC.CC.CC.CC.CC.CC.CC.CC(C)(C)C(C)(C)C.CC(C)C(C)(C)C.CC(C)C(C)C.CCC(=O)CC.CCC(C)C.CCCOCCOCCOCCOCCOCCC.CCCOCCOCCOCCOCCOCCOCCC.O=C1CCCO1.O=C1CCCS1.S=C1CCCO1.S=C1CCCS1. The predicted molar refractivity (Wildman–Crippen MR) is 514 cm³/mol. The molecule has 4 fully saturated rings. The molecule has 0 atom stereocenters. The van der Waals surface area contributed by atoms with Crippen molar-refractivity contribution < 1.29 is 76.0 Å². The van der Waals surface area contributed by atoms with Crippen LogP contribution in [-0.4, -0.2) is 196 Å². The molecular weight excluding hydrogens is 1500 g/mol. The summed E-state index contributed by atoms with van der Waals surface area (Å²) in [6, 6.07) is 0. The van der Waals surface area contributed by atoms with E-state index in [2.05, 4.69) is 157 Å². The molecule has 0 N–H and O–H groups in total. The highest BCUT2D eigenvalue weighted by Crippen LogP contribution is 2.36. The molecule has 0 aromatic carbocycles. The van der Waals surface area contributed by atoms with Gasteiger partial charge in [-0.2, -0.15) is 0 Å². The van der Waals surface area contributed by atoms with E-state index in [0.717, 1.165) is 125 Å². The number of ether oxygens (including phenoxy) is 13. The fourth-order valence-electron chi connectivity index (χ4n) is 4.91. The summed E-state index contributed by atoms with van der Waals surface area (Å²) in [6.45, 7) is 100. The van der Waals surface area contributed by atoms with E-state index < -0.39 is 0 Å². The minimum atomic E-state index is -0.0463. The first-order chi connectivity index (χ1) is 53.8. The minimum absolute atomic E-state index is 0.0463. The standard InChI is InChI=1S/C16H34O6.C14H30O5.C8H18.C7H16.C6H14.C5H10O.C5H12.C4H6O2.2C4H6OS.C4H6S2.8C2H6/c1-3-5-17-7-9-19-11-13-21-15-16-22-14-12-20-10-8-18-6-4-2;1-3-5-15-7-9-17-11-13-19-14-12-18-10-8-16-6-4-2;1-7(2,3)8(4,5)6;1-6(2)7(3,4)5;1-5(2)6(3)4;1-3-5(6)4-2;1-4-5(2)3;2*5-4-2-1-3-6-4;6-4-2-1-3-5-4;5-4-2-1-3-6-4;8*1-2/h3-16H2,1-2H3;3-14H2,1-2H3;1-6H3;6H,1-5H3;5-6H,1-4H3;3-4H2,1-2H3;5H,4H2,1-3H3;4*1-3H2;8*1-2H3. The Morgan fingerprint density at radius 1 is 0.354 bits per heavy atom. The molecule has 4 saturated heterocycles. The third kappa shape index (κ3) is 174. The Hall–Kier alpha value is -0.950. The molecule has 16 nitrogen and oxygen atoms in total. The third-order valence-corrected chi connectivity index (χ3v) is 17.7. The largest absolute Gasteiger partial charge is 0.487 e. The Morgan fingerprint density at radius 3 is 0.655 bits per heavy atom. The number of thioether (sulfide) groups is 2. The summed E-state index contributed by atoms with van der Waals surface area (Å²) in [7, 11) is 0. The van der Waals surface area contributed by atoms with Crippen LogP contribution in [-0.2, 0) is 76.0 Å². The van der Waals surface area contributed by atoms with Crippen molar-refractivity contribution in [3.8, 4) is 0 Å². The van der Waals surface area contributed by atoms with Gasteiger partial charge >= 0.3 is 5.97 Å². The van der Waals surface area contributed by atoms with E-state index in [1.807, 2.05) is 136 Å². The van der Waals surface area contributed by atoms with Crippen molar-refractivity contribution in [2.75, 3.05) is 170 Å². The van der Waals surface area contributed by atoms with E-state index in [1.54, 1.807) is 0 Å². The van der Waals surface area contributed by atoms with Gasteiger partial charge in [-0.1, -0.05) is 307 Å². The fourth-order valence-corrected chi connectivity index (χ4v) is 7.14. The molecule has 0 bridgehead atoms. The highest BCUT2D eigenvalue weighted by atomic mass is 32.2. The second kappa shape index (κ2) is 134. The number of esters is 1. The summed E-state index contributed by atoms with van der Waals surface area (Å²) < 4.78 is 69.3. The molecule has 4 aliphatic heterocycles. The van der Waals surface area contributed by atoms with Crippen molar-refractivity contribution in [3.63, 3.8) is 0 Å². The number of ketones is 1. The van der Waals surface area contributed by atoms with Crippen molar-refractivity contribution >= 4 is 74.1 Å². The molecule has 0 spiro atoms. The summed E-state index contributed by atoms with van der Waals surface area (Å²) in [5.41, 5.74) is 1.38. The zero-order valence-electron chi connectivity index (χ0n) is 83.5. The van der Waals surface area contributed by atoms with Crippen LogP contribution in [0.4, 0.5) is 0 Å². The lowest BCUT2D eigenvalue weighted by atomic mass is 9.71. The van der Waals surface area contributed by atoms with Crippen LogP contribution >= 0.6 is 48.0 Å². The molecule has 0 aliphatic carbocycles. The van der Waals surface area contributed by atoms with Crippen molar-refractivity contribution in [1.29, 1.82) is 0 Å². The van der Waals surface area contributed by atoms with Crippen LogP contribution in [0.25, 0.3) is 0 Å². The first kappa shape index (κ1) is 147. The average Bonchev–Trinajstić information content (AvgIpc) is 1.26. The van der Waals surface area contributed by atoms with Crippen LogP contribution in [0.5, 0.6) is 0 Å². The van der Waals surface area contributed by atoms with Crippen molar-refractivity contribution in [3.05, 3.63) is 0 Å². The molecule has 698 valence electrons. The molecule has 113 heavy (non-hydrogen) atoms. The lowest BCUT2D eigenvalue weighted by Crippen LogP contribution is -2.25. The van der Waals surface area contributed by atoms with Gasteiger partial charge < -0.3 is 61.6 Å². The zero-order chi connectivity index (χ0) is 91.3. The molecule has 20 heteroatoms. The summed E-state index contributed by atoms with van der Waals surface area (Å²) in [5, 5.41) is 1.16. The Kier molecular flexibility index (Phi) is 174. The molecule has 0 aromatic rings. The Morgan fingerprint density at radius 2 is 0.584 bits per heavy atom. The van der Waals surface area contributed by atoms with Crippen molar-refractivity contribution in [2.24, 2.45) is 39.9 Å². The summed E-state index contributed by atoms with van der Waals surface area (Å²) in [4.78, 5) is 30.4. The lowest BCUT2D eigenvalue weighted by Gasteiger charge is -2.34. The number of hydrogen-bond acceptors (Lipinski definition) is 20. The normalized spacial score (nSPS) is 12.3. The van der Waals surface area contributed by atoms with E-state index >= 15 is 0 Å². The number of Topliss-reactive ketones (excluding diaryl/α,β-unsaturated/α-hetero) is 1. The van der Waals surface area contributed by atoms with Gasteiger partial charge in [0.1, 0.15) is 5.78 Å². The van der Waals surface area contributed by atoms with Crippen LogP contribution in [0.3, 0.4) is 0 Å². The molecular formula is C93H206O16S4. The second-order valence-corrected chi connectivity index (χ2v) is 31.1. The minimum Gasteiger partial charge on any atom is -0.487 e. The summed E-state index contributed by atoms with van der Waals surface area (Å²) in [6.07, 6.45) is 14.9. The van der Waals surface area contributed by atoms with Crippen molar-refractivity contribution in [1.82, 2.24) is 0 Å². The van der Waals surface area contributed by atoms with Gasteiger partial charge in [-0.05, 0) is 116 Å². The highest BCUT2D eigenvalue weighted by molar-refractivity contribution is 8.23. The first-order valence-corrected chi connectivity index (χ1v) is 48.1. The van der Waals surface area contributed by atoms with E-state index in [4.69, 9.17) is 81.3 Å². The molecule has 0 unspecified atom stereocenters. The smallest absolute Gasteiger partial charge is 0.305 e. The maximum absolute atomic E-state index is 10.2. The monoisotopic (exact) mass is 1710 g/mol. The number of hydrogen-bond donors (Lipinski definition) is 0. The maximum Gasteiger partial charge on any atom is 0.305 e. The van der Waals surface area contributed by atoms with Gasteiger partial charge in [0.05, 0.1) is 132 Å². The van der Waals surface area contributed by atoms with Crippen molar-refractivity contribution in [2.45, 2.75) is 373 Å². The zero-order valence-corrected chi connectivity index (χ0v) is 86.7. The van der Waals surface area contributed by atoms with Gasteiger partial charge in [-0.25, -0.2) is 0 Å². The van der Waals surface area contributed by atoms with E-state index in [-0.39, 0.29) is 5.97 Å². The van der Waals surface area contributed by atoms with Crippen LogP contribution < -0.4 is 0 Å². The number of thiocarbonyl (C=S) groups is 2. The van der Waals surface area contributed by atoms with E-state index in [1.165, 1.54) is 41.0 Å². The number of carbonyl (C=O) groups excluding carboxylic acids is 3. The van der Waals surface area contributed by atoms with Gasteiger partial charge in [-0.15, -0.1) is 11.8 Å². The first-order valence-electron chi connectivity index (χ1n) is 45.3. The van der Waals surface area contributed by atoms with Gasteiger partial charge in [0.25, 0.3) is 0 Å². The predicted octanol–water partition coefficient (Wildman–Crippen LogP) is 27.8. The van der Waals surface area contributed by atoms with Crippen LogP contribution in [0.1, 0.15) is 373 Å². The van der Waals surface area contributed by atoms with Gasteiger partial charge in [0, 0.05) is 68.5 Å². The number of carbonyl (C=O) groups is 3. The molecule has 4 heterocycles. The Bertz CT molecular complexity index is 1450. The Balaban J connectivity index is -0.0000000733. The highest BCUT2D eigenvalue weighted by Gasteiger charge is 2.27. The third-order valence-electron chi connectivity index (χ3n) is 14.8. The average molecular weight is 1710 g/mol. The molecule has 4 rings (SSSR count). The van der Waals surface area contributed by atoms with Crippen LogP contribution in [0.15, 0.2) is 0 Å². The second-order valence-electron chi connectivity index (χ2n) is 27.6. The van der Waals surface area contributed by atoms with Gasteiger partial charge in [0.2, 0.25) is 0 Å². The number of rotatable bonds is 39. The van der Waals surface area contributed by atoms with Crippen LogP contribution in [0, 0.1) is 39.9 Å². The van der Waals surface area contributed by atoms with Crippen LogP contribution in [0.2, 0.25) is 0 Å². The quantitative estimate of drug-likeness (QED) is 0.0323. The summed E-state index contributed by atoms with van der Waals surface area (Å²) in [5.74, 6) is 6.00. The molecule has 0 radical (unpaired) electrons. The fraction of sp³-hybridized carbons (Fsp3) is 0.946. The molecule has 0 amide bonds. The summed E-state index contributed by atoms with van der Waals surface area (Å²) >= 11 is 12.9. The van der Waals surface area contributed by atoms with Gasteiger partial charge in [-0.3, -0.25) is 14.4 Å². The van der Waals surface area contributed by atoms with E-state index in [0.29, 0.717) is 172 Å². The topological polar surface area (TPSA) is 171 Å². The number of cyclic esters (lactones) is 1. The lowest BCUT2D eigenvalue weighted by molar-refractivity contribution is -0.138. The van der Waals surface area contributed by atoms with Gasteiger partial charge in [0.15, 0.2) is 10.2 Å². The maximum atomic E-state index is 10.2. The molecule has 0 aromatic heterocycles. The molecule has 0 saturated carbocycles. The Labute approximate surface area is 728 Å².